The molecule has 3 N–H and O–H groups in total. The van der Waals surface area contributed by atoms with Gasteiger partial charge in [0.15, 0.2) is 12.2 Å². The first-order valence-corrected chi connectivity index (χ1v) is 40.2. The fraction of sp³-hybridized carbons (Fsp3) is 0.890. The summed E-state index contributed by atoms with van der Waals surface area (Å²) in [4.78, 5) is 72.7. The van der Waals surface area contributed by atoms with E-state index in [0.29, 0.717) is 25.7 Å². The Morgan fingerprint density at radius 3 is 0.967 bits per heavy atom. The highest BCUT2D eigenvalue weighted by atomic mass is 31.2. The summed E-state index contributed by atoms with van der Waals surface area (Å²) in [6, 6.07) is 0. The second kappa shape index (κ2) is 63.3. The van der Waals surface area contributed by atoms with Crippen molar-refractivity contribution in [1.82, 2.24) is 0 Å². The molecule has 6 atom stereocenters. The van der Waals surface area contributed by atoms with E-state index in [1.807, 2.05) is 0 Å². The van der Waals surface area contributed by atoms with E-state index in [1.54, 1.807) is 0 Å². The third-order valence-corrected chi connectivity index (χ3v) is 18.5. The molecule has 0 radical (unpaired) electrons. The minimum atomic E-state index is -4.96. The van der Waals surface area contributed by atoms with E-state index in [4.69, 9.17) is 37.0 Å². The number of esters is 4. The molecule has 0 fully saturated rings. The molecule has 542 valence electrons. The van der Waals surface area contributed by atoms with Gasteiger partial charge in [-0.3, -0.25) is 37.3 Å². The van der Waals surface area contributed by atoms with Gasteiger partial charge in [-0.2, -0.15) is 0 Å². The number of hydrogen-bond acceptors (Lipinski definition) is 15. The molecule has 0 aromatic carbocycles. The molecule has 0 aliphatic carbocycles. The molecule has 17 nitrogen and oxygen atoms in total. The molecule has 3 unspecified atom stereocenters. The lowest BCUT2D eigenvalue weighted by atomic mass is 10.00. The third kappa shape index (κ3) is 64.9. The highest BCUT2D eigenvalue weighted by molar-refractivity contribution is 7.47. The Kier molecular flexibility index (Phi) is 61.6. The lowest BCUT2D eigenvalue weighted by Crippen LogP contribution is -2.30. The van der Waals surface area contributed by atoms with Crippen molar-refractivity contribution >= 4 is 39.5 Å². The number of aliphatic hydroxyl groups excluding tert-OH is 1. The fourth-order valence-corrected chi connectivity index (χ4v) is 12.1. The van der Waals surface area contributed by atoms with Crippen LogP contribution >= 0.6 is 15.6 Å². The van der Waals surface area contributed by atoms with Gasteiger partial charge in [0.25, 0.3) is 0 Å². The number of ether oxygens (including phenoxy) is 4. The lowest BCUT2D eigenvalue weighted by molar-refractivity contribution is -0.161. The summed E-state index contributed by atoms with van der Waals surface area (Å²) in [7, 11) is -9.92. The number of phosphoric ester groups is 2. The zero-order valence-electron chi connectivity index (χ0n) is 59.5. The number of carbonyl (C=O) groups excluding carboxylic acids is 4. The summed E-state index contributed by atoms with van der Waals surface area (Å²) >= 11 is 0. The zero-order valence-corrected chi connectivity index (χ0v) is 61.3. The maximum atomic E-state index is 13.0. The Hall–Kier alpha value is -2.46. The maximum absolute atomic E-state index is 13.0. The number of aliphatic hydroxyl groups is 1. The van der Waals surface area contributed by atoms with Crippen LogP contribution in [0.2, 0.25) is 0 Å². The quantitative estimate of drug-likeness (QED) is 0.0169. The van der Waals surface area contributed by atoms with E-state index in [0.717, 1.165) is 127 Å². The van der Waals surface area contributed by atoms with Crippen LogP contribution in [0, 0.1) is 17.8 Å². The van der Waals surface area contributed by atoms with Crippen LogP contribution in [0.4, 0.5) is 0 Å². The zero-order chi connectivity index (χ0) is 68.0. The Morgan fingerprint density at radius 1 is 0.359 bits per heavy atom. The molecule has 19 heteroatoms. The minimum absolute atomic E-state index is 0.0837. The average Bonchev–Trinajstić information content (AvgIpc) is 2.42. The number of allylic oxidation sites excluding steroid dienone is 4. The van der Waals surface area contributed by atoms with Gasteiger partial charge in [0.1, 0.15) is 19.3 Å². The lowest BCUT2D eigenvalue weighted by Gasteiger charge is -2.21. The van der Waals surface area contributed by atoms with E-state index in [-0.39, 0.29) is 25.7 Å². The summed E-state index contributed by atoms with van der Waals surface area (Å²) < 4.78 is 68.4. The number of unbranched alkanes of at least 4 members (excludes halogenated alkanes) is 33. The van der Waals surface area contributed by atoms with E-state index in [2.05, 4.69) is 72.8 Å². The molecule has 0 aromatic heterocycles. The predicted molar refractivity (Wildman–Crippen MR) is 372 cm³/mol. The summed E-state index contributed by atoms with van der Waals surface area (Å²) in [5.41, 5.74) is 0. The number of carbonyl (C=O) groups is 4. The van der Waals surface area contributed by atoms with Crippen LogP contribution in [-0.4, -0.2) is 96.7 Å². The van der Waals surface area contributed by atoms with Crippen molar-refractivity contribution in [2.45, 2.75) is 362 Å². The van der Waals surface area contributed by atoms with Gasteiger partial charge in [0, 0.05) is 25.7 Å². The number of phosphoric acid groups is 2. The first-order chi connectivity index (χ1) is 44.3. The molecule has 92 heavy (non-hydrogen) atoms. The molecule has 0 saturated carbocycles. The summed E-state index contributed by atoms with van der Waals surface area (Å²) in [6.07, 6.45) is 50.7. The van der Waals surface area contributed by atoms with E-state index in [9.17, 15) is 43.2 Å². The van der Waals surface area contributed by atoms with Crippen molar-refractivity contribution in [3.63, 3.8) is 0 Å². The van der Waals surface area contributed by atoms with Crippen molar-refractivity contribution < 1.29 is 80.2 Å². The molecule has 0 heterocycles. The van der Waals surface area contributed by atoms with Gasteiger partial charge >= 0.3 is 39.5 Å². The number of rotatable bonds is 69. The van der Waals surface area contributed by atoms with Crippen molar-refractivity contribution in [3.05, 3.63) is 24.3 Å². The van der Waals surface area contributed by atoms with Gasteiger partial charge in [-0.25, -0.2) is 9.13 Å². The Bertz CT molecular complexity index is 1900. The predicted octanol–water partition coefficient (Wildman–Crippen LogP) is 20.6. The smallest absolute Gasteiger partial charge is 0.462 e. The topological polar surface area (TPSA) is 237 Å². The first kappa shape index (κ1) is 89.5. The molecule has 0 bridgehead atoms. The normalized spacial score (nSPS) is 14.6. The average molecular weight is 1350 g/mol. The minimum Gasteiger partial charge on any atom is -0.462 e. The summed E-state index contributed by atoms with van der Waals surface area (Å²) in [5, 5.41) is 10.6. The van der Waals surface area contributed by atoms with Crippen molar-refractivity contribution in [1.29, 1.82) is 0 Å². The molecule has 0 saturated heterocycles. The van der Waals surface area contributed by atoms with Gasteiger partial charge < -0.3 is 33.8 Å². The summed E-state index contributed by atoms with van der Waals surface area (Å²) in [6.45, 7) is 11.8. The van der Waals surface area contributed by atoms with Gasteiger partial charge in [0.2, 0.25) is 0 Å². The van der Waals surface area contributed by atoms with Crippen LogP contribution in [0.5, 0.6) is 0 Å². The van der Waals surface area contributed by atoms with Gasteiger partial charge in [-0.05, 0) is 69.1 Å². The van der Waals surface area contributed by atoms with Crippen molar-refractivity contribution in [3.8, 4) is 0 Å². The maximum Gasteiger partial charge on any atom is 0.472 e. The van der Waals surface area contributed by atoms with Crippen LogP contribution in [0.25, 0.3) is 0 Å². The molecular weight excluding hydrogens is 1210 g/mol. The number of hydrogen-bond donors (Lipinski definition) is 3. The van der Waals surface area contributed by atoms with Crippen molar-refractivity contribution in [2.24, 2.45) is 17.8 Å². The largest absolute Gasteiger partial charge is 0.472 e. The monoisotopic (exact) mass is 1350 g/mol. The van der Waals surface area contributed by atoms with E-state index in [1.165, 1.54) is 135 Å². The molecular formula is C73H138O17P2. The third-order valence-electron chi connectivity index (χ3n) is 16.6. The Balaban J connectivity index is 5.30. The second-order valence-corrected chi connectivity index (χ2v) is 29.7. The van der Waals surface area contributed by atoms with Gasteiger partial charge in [-0.1, -0.05) is 291 Å². The standard InChI is InChI=1S/C73H138O17P2/c1-8-10-11-12-13-14-15-16-17-18-21-28-33-42-49-56-72(77)90-69(61-84-71(76)55-48-41-36-35-39-46-53-66(7)9-2)63-88-92(81,82)86-59-67(74)58-85-91(79,80)87-62-68(89-73(78)57-50-43-34-29-24-23-26-31-38-45-52-65(5)6)60-83-70(75)54-47-40-32-27-22-19-20-25-30-37-44-51-64(3)4/h14-17,64-69,74H,8-13,18-63H2,1-7H3,(H,79,80)(H,81,82)/b15-14-,17-16-/t66?,67-,68-,69-/m1/s1. The van der Waals surface area contributed by atoms with Gasteiger partial charge in [0.05, 0.1) is 26.4 Å². The van der Waals surface area contributed by atoms with E-state index < -0.39 is 97.5 Å². The van der Waals surface area contributed by atoms with Crippen LogP contribution in [0.3, 0.4) is 0 Å². The molecule has 0 amide bonds. The Morgan fingerprint density at radius 2 is 0.641 bits per heavy atom. The second-order valence-electron chi connectivity index (χ2n) is 26.8. The highest BCUT2D eigenvalue weighted by Gasteiger charge is 2.30. The van der Waals surface area contributed by atoms with Crippen molar-refractivity contribution in [2.75, 3.05) is 39.6 Å². The van der Waals surface area contributed by atoms with Crippen LogP contribution in [-0.2, 0) is 65.4 Å². The van der Waals surface area contributed by atoms with E-state index >= 15 is 0 Å². The van der Waals surface area contributed by atoms with Gasteiger partial charge in [-0.15, -0.1) is 0 Å². The molecule has 0 aliphatic heterocycles. The SMILES string of the molecule is CCCCCC/C=C\C=C/CCCCCCCC(=O)O[C@H](COC(=O)CCCCCCCCC(C)CC)COP(=O)(O)OC[C@H](O)COP(=O)(O)OC[C@@H](COC(=O)CCCCCCCCCCCCCC(C)C)OC(=O)CCCCCCCCCCCCC(C)C. The highest BCUT2D eigenvalue weighted by Crippen LogP contribution is 2.45. The summed E-state index contributed by atoms with van der Waals surface area (Å²) in [5.74, 6) is 0.0935. The van der Waals surface area contributed by atoms with Crippen LogP contribution in [0.1, 0.15) is 344 Å². The molecule has 0 aliphatic rings. The molecule has 0 rings (SSSR count). The Labute approximate surface area is 561 Å². The van der Waals surface area contributed by atoms with Crippen LogP contribution < -0.4 is 0 Å². The molecule has 0 spiro atoms. The molecule has 0 aromatic rings. The first-order valence-electron chi connectivity index (χ1n) is 37.2. The fourth-order valence-electron chi connectivity index (χ4n) is 10.5. The van der Waals surface area contributed by atoms with Crippen LogP contribution in [0.15, 0.2) is 24.3 Å².